The van der Waals surface area contributed by atoms with Gasteiger partial charge < -0.3 is 9.84 Å². The number of nitrogens with zero attached hydrogens (tertiary/aromatic N) is 1. The number of aliphatic hydroxyl groups is 1. The van der Waals surface area contributed by atoms with Gasteiger partial charge in [0.2, 0.25) is 0 Å². The van der Waals surface area contributed by atoms with Gasteiger partial charge in [-0.25, -0.2) is 0 Å². The number of aliphatic hydroxyl groups excluding tert-OH is 1. The normalized spacial score (nSPS) is 12.2. The lowest BCUT2D eigenvalue weighted by molar-refractivity contribution is 0.190. The van der Waals surface area contributed by atoms with Crippen LogP contribution in [0, 0.1) is 0 Å². The van der Waals surface area contributed by atoms with E-state index >= 15 is 0 Å². The topological polar surface area (TPSA) is 42.4 Å². The predicted molar refractivity (Wildman–Crippen MR) is 81.0 cm³/mol. The fraction of sp³-hybridized carbons (Fsp3) is 0.214. The zero-order valence-corrected chi connectivity index (χ0v) is 13.5. The van der Waals surface area contributed by atoms with Crippen molar-refractivity contribution in [2.75, 3.05) is 0 Å². The maximum absolute atomic E-state index is 9.72. The van der Waals surface area contributed by atoms with Crippen molar-refractivity contribution in [3.8, 4) is 5.75 Å². The fourth-order valence-electron chi connectivity index (χ4n) is 1.67. The molecule has 0 saturated heterocycles. The van der Waals surface area contributed by atoms with Gasteiger partial charge in [-0.3, -0.25) is 4.98 Å². The zero-order valence-electron chi connectivity index (χ0n) is 10.3. The van der Waals surface area contributed by atoms with E-state index in [1.54, 1.807) is 19.3 Å². The Morgan fingerprint density at radius 1 is 1.21 bits per heavy atom. The van der Waals surface area contributed by atoms with Gasteiger partial charge in [0.1, 0.15) is 12.4 Å². The molecule has 0 aliphatic carbocycles. The Kier molecular flexibility index (Phi) is 4.96. The molecule has 1 N–H and O–H groups in total. The molecule has 0 spiro atoms. The molecular formula is C14H13Br2NO2. The molecule has 2 aromatic rings. The second-order valence-corrected chi connectivity index (χ2v) is 5.99. The number of hydrogen-bond acceptors (Lipinski definition) is 3. The molecule has 5 heteroatoms. The molecule has 19 heavy (non-hydrogen) atoms. The summed E-state index contributed by atoms with van der Waals surface area (Å²) in [6.45, 7) is 2.12. The fourth-order valence-corrected chi connectivity index (χ4v) is 2.43. The monoisotopic (exact) mass is 385 g/mol. The predicted octanol–water partition coefficient (Wildman–Crippen LogP) is 4.24. The number of hydrogen-bond donors (Lipinski definition) is 1. The highest BCUT2D eigenvalue weighted by molar-refractivity contribution is 9.10. The first kappa shape index (κ1) is 14.5. The van der Waals surface area contributed by atoms with Gasteiger partial charge in [-0.1, -0.05) is 22.0 Å². The minimum atomic E-state index is -0.566. The molecular weight excluding hydrogens is 374 g/mol. The van der Waals surface area contributed by atoms with Crippen LogP contribution in [-0.2, 0) is 6.61 Å². The van der Waals surface area contributed by atoms with Crippen LogP contribution in [0.15, 0.2) is 45.6 Å². The molecule has 0 radical (unpaired) electrons. The first-order valence-electron chi connectivity index (χ1n) is 5.76. The third kappa shape index (κ3) is 4.03. The third-order valence-electron chi connectivity index (χ3n) is 2.58. The van der Waals surface area contributed by atoms with Crippen LogP contribution in [0.1, 0.15) is 24.2 Å². The average molecular weight is 387 g/mol. The molecule has 1 aromatic heterocycles. The first-order valence-corrected chi connectivity index (χ1v) is 7.34. The first-order chi connectivity index (χ1) is 9.06. The maximum atomic E-state index is 9.72. The van der Waals surface area contributed by atoms with Crippen LogP contribution in [0.3, 0.4) is 0 Å². The smallest absolute Gasteiger partial charge is 0.126 e. The standard InChI is InChI=1S/C14H13Br2NO2/c1-9(18)13-3-2-11(15)5-14(13)19-8-10-4-12(16)7-17-6-10/h2-7,9,18H,8H2,1H3/t9-/m1/s1. The summed E-state index contributed by atoms with van der Waals surface area (Å²) in [5.41, 5.74) is 1.73. The molecule has 0 aliphatic heterocycles. The van der Waals surface area contributed by atoms with Gasteiger partial charge in [0.15, 0.2) is 0 Å². The van der Waals surface area contributed by atoms with Crippen LogP contribution in [0.25, 0.3) is 0 Å². The van der Waals surface area contributed by atoms with E-state index < -0.39 is 6.10 Å². The number of benzene rings is 1. The maximum Gasteiger partial charge on any atom is 0.126 e. The van der Waals surface area contributed by atoms with Gasteiger partial charge in [-0.05, 0) is 41.1 Å². The van der Waals surface area contributed by atoms with Gasteiger partial charge in [0, 0.05) is 32.5 Å². The number of halogens is 2. The van der Waals surface area contributed by atoms with Crippen molar-refractivity contribution in [3.05, 3.63) is 56.7 Å². The molecule has 0 amide bonds. The molecule has 0 fully saturated rings. The lowest BCUT2D eigenvalue weighted by Gasteiger charge is -2.14. The summed E-state index contributed by atoms with van der Waals surface area (Å²) < 4.78 is 7.60. The second-order valence-electron chi connectivity index (χ2n) is 4.16. The zero-order chi connectivity index (χ0) is 13.8. The SMILES string of the molecule is C[C@@H](O)c1ccc(Br)cc1OCc1cncc(Br)c1. The molecule has 2 rings (SSSR count). The van der Waals surface area contributed by atoms with Crippen LogP contribution in [-0.4, -0.2) is 10.1 Å². The molecule has 0 bridgehead atoms. The summed E-state index contributed by atoms with van der Waals surface area (Å²) in [7, 11) is 0. The summed E-state index contributed by atoms with van der Waals surface area (Å²) in [6.07, 6.45) is 2.91. The molecule has 3 nitrogen and oxygen atoms in total. The van der Waals surface area contributed by atoms with Crippen molar-refractivity contribution in [2.24, 2.45) is 0 Å². The molecule has 0 unspecified atom stereocenters. The van der Waals surface area contributed by atoms with Crippen molar-refractivity contribution < 1.29 is 9.84 Å². The molecule has 1 heterocycles. The van der Waals surface area contributed by atoms with Gasteiger partial charge in [0.05, 0.1) is 6.10 Å². The van der Waals surface area contributed by atoms with Gasteiger partial charge >= 0.3 is 0 Å². The highest BCUT2D eigenvalue weighted by atomic mass is 79.9. The number of aromatic nitrogens is 1. The number of pyridine rings is 1. The average Bonchev–Trinajstić information content (AvgIpc) is 2.36. The highest BCUT2D eigenvalue weighted by Crippen LogP contribution is 2.29. The Bertz CT molecular complexity index is 573. The summed E-state index contributed by atoms with van der Waals surface area (Å²) in [5.74, 6) is 0.671. The van der Waals surface area contributed by atoms with Crippen LogP contribution >= 0.6 is 31.9 Å². The number of ether oxygens (including phenoxy) is 1. The molecule has 1 aromatic carbocycles. The van der Waals surface area contributed by atoms with Crippen molar-refractivity contribution >= 4 is 31.9 Å². The minimum Gasteiger partial charge on any atom is -0.488 e. The van der Waals surface area contributed by atoms with E-state index in [2.05, 4.69) is 36.8 Å². The molecule has 0 saturated carbocycles. The Hall–Kier alpha value is -0.910. The van der Waals surface area contributed by atoms with Crippen molar-refractivity contribution in [1.82, 2.24) is 4.98 Å². The van der Waals surface area contributed by atoms with Crippen LogP contribution < -0.4 is 4.74 Å². The molecule has 1 atom stereocenters. The van der Waals surface area contributed by atoms with E-state index in [-0.39, 0.29) is 0 Å². The highest BCUT2D eigenvalue weighted by Gasteiger charge is 2.10. The van der Waals surface area contributed by atoms with E-state index in [0.717, 1.165) is 20.1 Å². The van der Waals surface area contributed by atoms with Gasteiger partial charge in [-0.15, -0.1) is 0 Å². The van der Waals surface area contributed by atoms with Crippen molar-refractivity contribution in [1.29, 1.82) is 0 Å². The minimum absolute atomic E-state index is 0.405. The largest absolute Gasteiger partial charge is 0.488 e. The van der Waals surface area contributed by atoms with E-state index in [4.69, 9.17) is 4.74 Å². The van der Waals surface area contributed by atoms with E-state index in [0.29, 0.717) is 12.4 Å². The van der Waals surface area contributed by atoms with E-state index in [1.165, 1.54) is 0 Å². The molecule has 0 aliphatic rings. The second kappa shape index (κ2) is 6.50. The summed E-state index contributed by atoms with van der Waals surface area (Å²) in [5, 5.41) is 9.72. The van der Waals surface area contributed by atoms with Crippen molar-refractivity contribution in [2.45, 2.75) is 19.6 Å². The van der Waals surface area contributed by atoms with Gasteiger partial charge in [-0.2, -0.15) is 0 Å². The Morgan fingerprint density at radius 3 is 2.68 bits per heavy atom. The molecule has 100 valence electrons. The van der Waals surface area contributed by atoms with Gasteiger partial charge in [0.25, 0.3) is 0 Å². The van der Waals surface area contributed by atoms with E-state index in [9.17, 15) is 5.11 Å². The Morgan fingerprint density at radius 2 is 2.00 bits per heavy atom. The van der Waals surface area contributed by atoms with Crippen LogP contribution in [0.4, 0.5) is 0 Å². The third-order valence-corrected chi connectivity index (χ3v) is 3.51. The van der Waals surface area contributed by atoms with Crippen molar-refractivity contribution in [3.63, 3.8) is 0 Å². The van der Waals surface area contributed by atoms with Crippen LogP contribution in [0.5, 0.6) is 5.75 Å². The lowest BCUT2D eigenvalue weighted by Crippen LogP contribution is -2.01. The summed E-state index contributed by atoms with van der Waals surface area (Å²) >= 11 is 6.77. The summed E-state index contributed by atoms with van der Waals surface area (Å²) in [4.78, 5) is 4.09. The van der Waals surface area contributed by atoms with E-state index in [1.807, 2.05) is 24.3 Å². The quantitative estimate of drug-likeness (QED) is 0.854. The Balaban J connectivity index is 2.17. The Labute approximate surface area is 128 Å². The summed E-state index contributed by atoms with van der Waals surface area (Å²) in [6, 6.07) is 7.54. The van der Waals surface area contributed by atoms with Crippen LogP contribution in [0.2, 0.25) is 0 Å². The lowest BCUT2D eigenvalue weighted by atomic mass is 10.1. The number of rotatable bonds is 4.